The Morgan fingerprint density at radius 3 is 2.44 bits per heavy atom. The van der Waals surface area contributed by atoms with Crippen LogP contribution in [-0.2, 0) is 14.8 Å². The second-order valence-electron chi connectivity index (χ2n) is 13.1. The number of carbonyl (C=O) groups is 2. The maximum absolute atomic E-state index is 13.6. The molecule has 45 heavy (non-hydrogen) atoms. The number of urea groups is 1. The van der Waals surface area contributed by atoms with E-state index in [4.69, 9.17) is 4.74 Å². The zero-order valence-corrected chi connectivity index (χ0v) is 28.8. The van der Waals surface area contributed by atoms with Crippen molar-refractivity contribution in [1.82, 2.24) is 20.3 Å². The van der Waals surface area contributed by atoms with E-state index in [1.807, 2.05) is 20.8 Å². The molecular formula is C32H46N6O5S2. The van der Waals surface area contributed by atoms with Gasteiger partial charge in [-0.3, -0.25) is 4.99 Å². The number of aliphatic imine (C=N–C) groups is 1. The first-order valence-electron chi connectivity index (χ1n) is 14.9. The number of amides is 3. The highest BCUT2D eigenvalue weighted by Crippen LogP contribution is 2.40. The van der Waals surface area contributed by atoms with Crippen molar-refractivity contribution in [2.24, 2.45) is 4.99 Å². The average molecular weight is 659 g/mol. The SMILES string of the molecule is C=C/C=C\N=C(/C)CNC(=O)Nc1ccc(-c2cnc(C3CCC(NC(=O)OC(C)(C)C)CC3)s2)c(S(=O)(=O)NC(C)(C)C)c1. The van der Waals surface area contributed by atoms with Gasteiger partial charge in [-0.25, -0.2) is 27.7 Å². The van der Waals surface area contributed by atoms with Crippen LogP contribution in [0.15, 0.2) is 59.2 Å². The Balaban J connectivity index is 1.78. The van der Waals surface area contributed by atoms with Gasteiger partial charge in [-0.15, -0.1) is 11.3 Å². The highest BCUT2D eigenvalue weighted by molar-refractivity contribution is 7.89. The van der Waals surface area contributed by atoms with Crippen molar-refractivity contribution in [2.75, 3.05) is 11.9 Å². The lowest BCUT2D eigenvalue weighted by atomic mass is 9.86. The topological polar surface area (TPSA) is 151 Å². The van der Waals surface area contributed by atoms with Gasteiger partial charge >= 0.3 is 12.1 Å². The molecule has 1 aromatic carbocycles. The zero-order chi connectivity index (χ0) is 33.4. The number of allylic oxidation sites excluding steroid dienone is 2. The molecule has 0 aliphatic heterocycles. The third-order valence-electron chi connectivity index (χ3n) is 6.58. The predicted molar refractivity (Wildman–Crippen MR) is 181 cm³/mol. The fraction of sp³-hybridized carbons (Fsp3) is 0.500. The normalized spacial score (nSPS) is 18.0. The van der Waals surface area contributed by atoms with Gasteiger partial charge in [0.1, 0.15) is 5.60 Å². The Morgan fingerprint density at radius 1 is 1.13 bits per heavy atom. The van der Waals surface area contributed by atoms with Crippen molar-refractivity contribution in [1.29, 1.82) is 0 Å². The van der Waals surface area contributed by atoms with Gasteiger partial charge in [0, 0.05) is 46.9 Å². The summed E-state index contributed by atoms with van der Waals surface area (Å²) in [4.78, 5) is 34.4. The number of sulfonamides is 1. The van der Waals surface area contributed by atoms with Crippen LogP contribution in [0.3, 0.4) is 0 Å². The number of hydrogen-bond donors (Lipinski definition) is 4. The van der Waals surface area contributed by atoms with Crippen LogP contribution < -0.4 is 20.7 Å². The second kappa shape index (κ2) is 15.2. The first-order valence-corrected chi connectivity index (χ1v) is 17.2. The molecule has 1 fully saturated rings. The molecule has 246 valence electrons. The Hall–Kier alpha value is -3.55. The van der Waals surface area contributed by atoms with Crippen LogP contribution in [0.2, 0.25) is 0 Å². The molecule has 1 aliphatic rings. The van der Waals surface area contributed by atoms with Crippen LogP contribution in [0.5, 0.6) is 0 Å². The summed E-state index contributed by atoms with van der Waals surface area (Å²) in [5.41, 5.74) is 0.237. The summed E-state index contributed by atoms with van der Waals surface area (Å²) in [5, 5.41) is 9.33. The van der Waals surface area contributed by atoms with Crippen LogP contribution >= 0.6 is 11.3 Å². The van der Waals surface area contributed by atoms with E-state index in [1.54, 1.807) is 64.4 Å². The van der Waals surface area contributed by atoms with Crippen molar-refractivity contribution >= 4 is 44.9 Å². The first kappa shape index (κ1) is 35.9. The lowest BCUT2D eigenvalue weighted by molar-refractivity contribution is 0.0491. The van der Waals surface area contributed by atoms with Gasteiger partial charge in [0.25, 0.3) is 0 Å². The predicted octanol–water partition coefficient (Wildman–Crippen LogP) is 6.72. The molecule has 3 rings (SSSR count). The van der Waals surface area contributed by atoms with E-state index in [0.29, 0.717) is 21.8 Å². The molecule has 0 bridgehead atoms. The van der Waals surface area contributed by atoms with E-state index >= 15 is 0 Å². The Kier molecular flexibility index (Phi) is 12.1. The largest absolute Gasteiger partial charge is 0.444 e. The van der Waals surface area contributed by atoms with Gasteiger partial charge in [-0.05, 0) is 92.4 Å². The van der Waals surface area contributed by atoms with E-state index in [2.05, 4.69) is 37.2 Å². The fourth-order valence-corrected chi connectivity index (χ4v) is 7.56. The molecule has 0 atom stereocenters. The molecule has 11 nitrogen and oxygen atoms in total. The maximum atomic E-state index is 13.6. The molecule has 1 saturated carbocycles. The highest BCUT2D eigenvalue weighted by atomic mass is 32.2. The lowest BCUT2D eigenvalue weighted by Crippen LogP contribution is -2.40. The Morgan fingerprint density at radius 2 is 1.82 bits per heavy atom. The summed E-state index contributed by atoms with van der Waals surface area (Å²) in [7, 11) is -3.97. The van der Waals surface area contributed by atoms with Crippen molar-refractivity contribution < 1.29 is 22.7 Å². The van der Waals surface area contributed by atoms with E-state index < -0.39 is 33.3 Å². The van der Waals surface area contributed by atoms with Crippen LogP contribution in [0.25, 0.3) is 10.4 Å². The summed E-state index contributed by atoms with van der Waals surface area (Å²) >= 11 is 1.46. The third-order valence-corrected chi connectivity index (χ3v) is 9.57. The van der Waals surface area contributed by atoms with Crippen LogP contribution in [0.1, 0.15) is 85.1 Å². The first-order chi connectivity index (χ1) is 21.0. The van der Waals surface area contributed by atoms with Crippen molar-refractivity contribution in [2.45, 2.75) is 102 Å². The second-order valence-corrected chi connectivity index (χ2v) is 15.8. The van der Waals surface area contributed by atoms with E-state index in [-0.39, 0.29) is 23.4 Å². The zero-order valence-electron chi connectivity index (χ0n) is 27.2. The number of carbonyl (C=O) groups excluding carboxylic acids is 2. The molecule has 2 aromatic rings. The molecule has 0 spiro atoms. The minimum atomic E-state index is -3.97. The summed E-state index contributed by atoms with van der Waals surface area (Å²) in [6, 6.07) is 4.38. The van der Waals surface area contributed by atoms with Crippen molar-refractivity contribution in [3.63, 3.8) is 0 Å². The number of anilines is 1. The van der Waals surface area contributed by atoms with Crippen molar-refractivity contribution in [3.8, 4) is 10.4 Å². The van der Waals surface area contributed by atoms with E-state index in [9.17, 15) is 18.0 Å². The molecule has 1 aromatic heterocycles. The van der Waals surface area contributed by atoms with Gasteiger partial charge in [0.2, 0.25) is 10.0 Å². The Labute approximate surface area is 271 Å². The Bertz CT molecular complexity index is 1530. The summed E-state index contributed by atoms with van der Waals surface area (Å²) in [6.45, 7) is 16.4. The molecule has 0 saturated heterocycles. The third kappa shape index (κ3) is 11.7. The van der Waals surface area contributed by atoms with Crippen LogP contribution in [0.4, 0.5) is 15.3 Å². The molecule has 1 heterocycles. The average Bonchev–Trinajstić information content (AvgIpc) is 3.40. The molecule has 0 unspecified atom stereocenters. The maximum Gasteiger partial charge on any atom is 0.407 e. The van der Waals surface area contributed by atoms with Crippen LogP contribution in [0, 0.1) is 0 Å². The summed E-state index contributed by atoms with van der Waals surface area (Å²) in [5.74, 6) is 0.206. The van der Waals surface area contributed by atoms with Gasteiger partial charge in [-0.1, -0.05) is 18.7 Å². The molecule has 1 aliphatic carbocycles. The number of thiazole rings is 1. The van der Waals surface area contributed by atoms with Gasteiger partial charge in [0.15, 0.2) is 0 Å². The molecular weight excluding hydrogens is 613 g/mol. The lowest BCUT2D eigenvalue weighted by Gasteiger charge is -2.29. The number of hydrogen-bond acceptors (Lipinski definition) is 8. The van der Waals surface area contributed by atoms with E-state index in [1.165, 1.54) is 17.4 Å². The number of rotatable bonds is 10. The highest BCUT2D eigenvalue weighted by Gasteiger charge is 2.29. The summed E-state index contributed by atoms with van der Waals surface area (Å²) in [6.07, 6.45) is 9.46. The standard InChI is InChI=1S/C32H46N6O5S2/c1-9-10-17-33-21(2)19-35-29(39)36-24-15-16-25(27(18-24)45(41,42)38-31(3,4)5)26-20-34-28(44-26)22-11-13-23(14-12-22)37-30(40)43-32(6,7)8/h9-10,15-18,20,22-23,38H,1,11-14,19H2,2-8H3,(H,37,40)(H2,35,36,39)/b17-10-,33-21+. The quantitative estimate of drug-likeness (QED) is 0.164. The van der Waals surface area contributed by atoms with Gasteiger partial charge in [-0.2, -0.15) is 0 Å². The molecule has 13 heteroatoms. The van der Waals surface area contributed by atoms with Gasteiger partial charge in [0.05, 0.1) is 21.3 Å². The summed E-state index contributed by atoms with van der Waals surface area (Å²) < 4.78 is 35.3. The minimum Gasteiger partial charge on any atom is -0.444 e. The number of aromatic nitrogens is 1. The number of ether oxygens (including phenoxy) is 1. The smallest absolute Gasteiger partial charge is 0.407 e. The minimum absolute atomic E-state index is 0.0401. The molecule has 4 N–H and O–H groups in total. The van der Waals surface area contributed by atoms with Gasteiger partial charge < -0.3 is 20.7 Å². The number of nitrogens with zero attached hydrogens (tertiary/aromatic N) is 2. The number of nitrogens with one attached hydrogen (secondary N) is 4. The molecule has 3 amide bonds. The van der Waals surface area contributed by atoms with E-state index in [0.717, 1.165) is 30.7 Å². The molecule has 0 radical (unpaired) electrons. The fourth-order valence-electron chi connectivity index (χ4n) is 4.70. The number of alkyl carbamates (subject to hydrolysis) is 1. The van der Waals surface area contributed by atoms with Crippen molar-refractivity contribution in [3.05, 3.63) is 54.3 Å². The monoisotopic (exact) mass is 658 g/mol. The number of benzene rings is 1. The van der Waals surface area contributed by atoms with Crippen LogP contribution in [-0.4, -0.2) is 55.0 Å².